The Hall–Kier alpha value is -2.98. The average Bonchev–Trinajstić information content (AvgIpc) is 3.22. The van der Waals surface area contributed by atoms with Gasteiger partial charge in [0.1, 0.15) is 10.9 Å². The molecule has 2 aliphatic rings. The summed E-state index contributed by atoms with van der Waals surface area (Å²) >= 11 is 0. The van der Waals surface area contributed by atoms with Gasteiger partial charge in [-0.3, -0.25) is 14.5 Å². The molecule has 4 rings (SSSR count). The van der Waals surface area contributed by atoms with Gasteiger partial charge in [-0.1, -0.05) is 25.5 Å². The molecule has 0 bridgehead atoms. The minimum atomic E-state index is -10.1. The number of nitrogens with zero attached hydrogens (tertiary/aromatic N) is 2. The van der Waals surface area contributed by atoms with Crippen molar-refractivity contribution < 1.29 is 47.3 Å². The highest BCUT2D eigenvalue weighted by Gasteiger charge is 2.65. The molecule has 1 saturated carbocycles. The molecule has 2 heterocycles. The standard InChI is InChI=1S/C25H28F8N4O3S/c1-24(40)13-19(35-14-24)23(39)37(16-4-6-17(7-5-16)41(29,30,31,32)33)20(18-3-2-12-34-21(18)26)22(38)36-15-8-10-25(27,28)11-9-15/h2-7,12,15,19-20,35,40H,8-11,13-14H2,1H3,(H,36,38)/t19-,20?,24-/m1/s1. The van der Waals surface area contributed by atoms with Crippen LogP contribution in [-0.4, -0.2) is 52.1 Å². The molecule has 228 valence electrons. The van der Waals surface area contributed by atoms with Gasteiger partial charge in [-0.2, -0.15) is 4.39 Å². The van der Waals surface area contributed by atoms with Crippen molar-refractivity contribution in [3.8, 4) is 0 Å². The Kier molecular flexibility index (Phi) is 7.40. The zero-order valence-electron chi connectivity index (χ0n) is 21.6. The van der Waals surface area contributed by atoms with Crippen LogP contribution in [0.25, 0.3) is 0 Å². The molecular formula is C25H28F8N4O3S. The van der Waals surface area contributed by atoms with Gasteiger partial charge in [0, 0.05) is 49.3 Å². The number of alkyl halides is 2. The lowest BCUT2D eigenvalue weighted by Crippen LogP contribution is -2.52. The first-order valence-corrected chi connectivity index (χ1v) is 14.5. The Labute approximate surface area is 230 Å². The first-order valence-electron chi connectivity index (χ1n) is 12.6. The van der Waals surface area contributed by atoms with Crippen molar-refractivity contribution in [3.05, 3.63) is 54.1 Å². The van der Waals surface area contributed by atoms with Gasteiger partial charge in [-0.25, -0.2) is 13.8 Å². The highest BCUT2D eigenvalue weighted by Crippen LogP contribution is 3.02. The number of halogens is 8. The number of nitrogens with one attached hydrogen (secondary N) is 2. The summed E-state index contributed by atoms with van der Waals surface area (Å²) in [6, 6.07) is -0.397. The first kappa shape index (κ1) is 31.0. The minimum Gasteiger partial charge on any atom is -0.389 e. The molecule has 1 unspecified atom stereocenters. The molecular weight excluding hydrogens is 588 g/mol. The van der Waals surface area contributed by atoms with Crippen LogP contribution >= 0.6 is 10.2 Å². The highest BCUT2D eigenvalue weighted by molar-refractivity contribution is 8.45. The maximum absolute atomic E-state index is 15.0. The number of pyridine rings is 1. The molecule has 0 radical (unpaired) electrons. The van der Waals surface area contributed by atoms with Crippen molar-refractivity contribution in [3.63, 3.8) is 0 Å². The molecule has 16 heteroatoms. The molecule has 3 atom stereocenters. The van der Waals surface area contributed by atoms with Crippen molar-refractivity contribution in [2.75, 3.05) is 11.4 Å². The van der Waals surface area contributed by atoms with Crippen LogP contribution in [0.4, 0.5) is 38.3 Å². The predicted octanol–water partition coefficient (Wildman–Crippen LogP) is 5.76. The van der Waals surface area contributed by atoms with E-state index < -0.39 is 86.6 Å². The van der Waals surface area contributed by atoms with E-state index in [4.69, 9.17) is 0 Å². The highest BCUT2D eigenvalue weighted by atomic mass is 32.5. The zero-order valence-corrected chi connectivity index (χ0v) is 22.4. The van der Waals surface area contributed by atoms with Gasteiger partial charge >= 0.3 is 10.2 Å². The maximum atomic E-state index is 15.0. The van der Waals surface area contributed by atoms with E-state index in [1.807, 2.05) is 0 Å². The average molecular weight is 617 g/mol. The van der Waals surface area contributed by atoms with E-state index in [0.717, 1.165) is 12.3 Å². The Balaban J connectivity index is 1.80. The Morgan fingerprint density at radius 3 is 2.22 bits per heavy atom. The van der Waals surface area contributed by atoms with Gasteiger partial charge in [0.05, 0.1) is 11.6 Å². The molecule has 1 aliphatic heterocycles. The molecule has 1 aromatic heterocycles. The summed E-state index contributed by atoms with van der Waals surface area (Å²) in [6.07, 6.45) is -0.510. The number of β-amino-alcohol motifs (C(OH)–C–C–N with tert-alkyl or cyclic N) is 1. The molecule has 2 amide bonds. The van der Waals surface area contributed by atoms with Crippen molar-refractivity contribution in [2.24, 2.45) is 0 Å². The number of aromatic nitrogens is 1. The molecule has 2 aromatic rings. The maximum Gasteiger partial charge on any atom is 0.310 e. The molecule has 1 aromatic carbocycles. The second-order valence-electron chi connectivity index (χ2n) is 10.7. The summed E-state index contributed by atoms with van der Waals surface area (Å²) in [7, 11) is -10.1. The summed E-state index contributed by atoms with van der Waals surface area (Å²) in [6.45, 7) is 1.33. The molecule has 1 saturated heterocycles. The number of rotatable bonds is 7. The summed E-state index contributed by atoms with van der Waals surface area (Å²) in [4.78, 5) is 29.4. The zero-order chi connectivity index (χ0) is 30.5. The van der Waals surface area contributed by atoms with Gasteiger partial charge in [0.25, 0.3) is 0 Å². The van der Waals surface area contributed by atoms with Gasteiger partial charge in [0.15, 0.2) is 0 Å². The molecule has 41 heavy (non-hydrogen) atoms. The number of benzene rings is 1. The minimum absolute atomic E-state index is 0.0488. The summed E-state index contributed by atoms with van der Waals surface area (Å²) in [5.74, 6) is -6.19. The molecule has 1 aliphatic carbocycles. The lowest BCUT2D eigenvalue weighted by Gasteiger charge is -2.41. The fraction of sp³-hybridized carbons (Fsp3) is 0.480. The number of carbonyl (C=O) groups is 2. The van der Waals surface area contributed by atoms with E-state index >= 15 is 4.39 Å². The monoisotopic (exact) mass is 616 g/mol. The lowest BCUT2D eigenvalue weighted by molar-refractivity contribution is -0.128. The van der Waals surface area contributed by atoms with Crippen LogP contribution in [0.5, 0.6) is 0 Å². The largest absolute Gasteiger partial charge is 0.389 e. The van der Waals surface area contributed by atoms with Crippen LogP contribution in [0.15, 0.2) is 47.5 Å². The SMILES string of the molecule is C[C@]1(O)CN[C@@H](C(=O)N(c2ccc(S(F)(F)(F)(F)F)cc2)C(C(=O)NC2CCC(F)(F)CC2)c2cccnc2F)C1. The van der Waals surface area contributed by atoms with E-state index in [-0.39, 0.29) is 37.9 Å². The number of amides is 2. The number of carbonyl (C=O) groups excluding carboxylic acids is 2. The number of anilines is 1. The lowest BCUT2D eigenvalue weighted by atomic mass is 9.91. The summed E-state index contributed by atoms with van der Waals surface area (Å²) in [5.41, 5.74) is -2.34. The third kappa shape index (κ3) is 7.27. The van der Waals surface area contributed by atoms with Crippen molar-refractivity contribution in [1.29, 1.82) is 0 Å². The number of hydrogen-bond acceptors (Lipinski definition) is 5. The Morgan fingerprint density at radius 2 is 1.71 bits per heavy atom. The number of hydrogen-bond donors (Lipinski definition) is 3. The van der Waals surface area contributed by atoms with Crippen molar-refractivity contribution >= 4 is 27.7 Å². The second kappa shape index (κ2) is 9.80. The fourth-order valence-electron chi connectivity index (χ4n) is 5.00. The first-order chi connectivity index (χ1) is 18.7. The van der Waals surface area contributed by atoms with E-state index in [9.17, 15) is 42.9 Å². The van der Waals surface area contributed by atoms with Gasteiger partial charge < -0.3 is 15.7 Å². The van der Waals surface area contributed by atoms with E-state index in [1.54, 1.807) is 0 Å². The predicted molar refractivity (Wildman–Crippen MR) is 135 cm³/mol. The number of aliphatic hydroxyl groups is 1. The third-order valence-electron chi connectivity index (χ3n) is 7.12. The molecule has 2 fully saturated rings. The van der Waals surface area contributed by atoms with Crippen LogP contribution in [0.2, 0.25) is 0 Å². The third-order valence-corrected chi connectivity index (χ3v) is 8.28. The summed E-state index contributed by atoms with van der Waals surface area (Å²) in [5, 5.41) is 15.6. The van der Waals surface area contributed by atoms with Gasteiger partial charge in [-0.05, 0) is 50.1 Å². The topological polar surface area (TPSA) is 94.6 Å². The van der Waals surface area contributed by atoms with Crippen LogP contribution in [0.1, 0.15) is 50.6 Å². The quantitative estimate of drug-likeness (QED) is 0.272. The van der Waals surface area contributed by atoms with Gasteiger partial charge in [-0.15, -0.1) is 0 Å². The van der Waals surface area contributed by atoms with E-state index in [2.05, 4.69) is 15.6 Å². The molecule has 3 N–H and O–H groups in total. The molecule has 0 spiro atoms. The van der Waals surface area contributed by atoms with Gasteiger partial charge in [0.2, 0.25) is 23.7 Å². The smallest absolute Gasteiger partial charge is 0.310 e. The van der Waals surface area contributed by atoms with Crippen LogP contribution < -0.4 is 15.5 Å². The Morgan fingerprint density at radius 1 is 1.10 bits per heavy atom. The van der Waals surface area contributed by atoms with Crippen molar-refractivity contribution in [2.45, 2.75) is 73.6 Å². The fourth-order valence-corrected chi connectivity index (χ4v) is 5.65. The van der Waals surface area contributed by atoms with Crippen LogP contribution in [0, 0.1) is 5.95 Å². The van der Waals surface area contributed by atoms with E-state index in [1.165, 1.54) is 13.0 Å². The van der Waals surface area contributed by atoms with E-state index in [0.29, 0.717) is 17.0 Å². The second-order valence-corrected chi connectivity index (χ2v) is 13.1. The van der Waals surface area contributed by atoms with Crippen LogP contribution in [-0.2, 0) is 9.59 Å². The Bertz CT molecular complexity index is 1320. The van der Waals surface area contributed by atoms with Crippen molar-refractivity contribution in [1.82, 2.24) is 15.6 Å². The normalized spacial score (nSPS) is 25.6. The summed E-state index contributed by atoms with van der Waals surface area (Å²) < 4.78 is 109. The van der Waals surface area contributed by atoms with Crippen LogP contribution in [0.3, 0.4) is 0 Å². The molecule has 7 nitrogen and oxygen atoms in total.